The van der Waals surface area contributed by atoms with Gasteiger partial charge in [-0.2, -0.15) is 17.9 Å². The quantitative estimate of drug-likeness (QED) is 0.645. The number of thioether (sulfide) groups is 1. The number of nitrogens with one attached hydrogen (secondary N) is 1. The first kappa shape index (κ1) is 19.9. The van der Waals surface area contributed by atoms with Crippen LogP contribution in [0, 0.1) is 6.92 Å². The summed E-state index contributed by atoms with van der Waals surface area (Å²) in [6.07, 6.45) is -4.42. The number of tetrazole rings is 1. The summed E-state index contributed by atoms with van der Waals surface area (Å²) in [5.41, 5.74) is 1.31. The van der Waals surface area contributed by atoms with Gasteiger partial charge < -0.3 is 5.32 Å². The maximum atomic E-state index is 12.6. The Balaban J connectivity index is 1.68. The van der Waals surface area contributed by atoms with Gasteiger partial charge in [0.2, 0.25) is 11.1 Å². The minimum absolute atomic E-state index is 0.281. The van der Waals surface area contributed by atoms with Crippen molar-refractivity contribution in [3.63, 3.8) is 0 Å². The van der Waals surface area contributed by atoms with E-state index >= 15 is 0 Å². The first-order valence-electron chi connectivity index (χ1n) is 8.24. The Hall–Kier alpha value is -2.88. The average Bonchev–Trinajstić information content (AvgIpc) is 3.09. The van der Waals surface area contributed by atoms with Crippen molar-refractivity contribution in [3.05, 3.63) is 59.7 Å². The molecule has 6 nitrogen and oxygen atoms in total. The van der Waals surface area contributed by atoms with Gasteiger partial charge >= 0.3 is 6.18 Å². The van der Waals surface area contributed by atoms with Gasteiger partial charge in [0.05, 0.1) is 16.5 Å². The van der Waals surface area contributed by atoms with Gasteiger partial charge in [0.15, 0.2) is 0 Å². The Morgan fingerprint density at radius 1 is 1.18 bits per heavy atom. The van der Waals surface area contributed by atoms with Crippen molar-refractivity contribution >= 4 is 23.4 Å². The van der Waals surface area contributed by atoms with E-state index in [-0.39, 0.29) is 11.6 Å². The average molecular weight is 407 g/mol. The highest BCUT2D eigenvalue weighted by atomic mass is 32.2. The SMILES string of the molecule is Cc1cccc(-n2nnnc2SC(C)C(=O)Nc2ccc(C(F)(F)F)cc2)c1. The third kappa shape index (κ3) is 4.69. The highest BCUT2D eigenvalue weighted by Gasteiger charge is 2.30. The van der Waals surface area contributed by atoms with Crippen molar-refractivity contribution in [1.29, 1.82) is 0 Å². The lowest BCUT2D eigenvalue weighted by atomic mass is 10.2. The molecule has 28 heavy (non-hydrogen) atoms. The Labute approximate surface area is 163 Å². The molecule has 0 aliphatic heterocycles. The van der Waals surface area contributed by atoms with Crippen LogP contribution >= 0.6 is 11.8 Å². The topological polar surface area (TPSA) is 72.7 Å². The van der Waals surface area contributed by atoms with E-state index in [9.17, 15) is 18.0 Å². The van der Waals surface area contributed by atoms with Crippen LogP contribution in [0.25, 0.3) is 5.69 Å². The summed E-state index contributed by atoms with van der Waals surface area (Å²) < 4.78 is 39.4. The zero-order chi connectivity index (χ0) is 20.3. The lowest BCUT2D eigenvalue weighted by molar-refractivity contribution is -0.137. The Bertz CT molecular complexity index is 972. The number of benzene rings is 2. The summed E-state index contributed by atoms with van der Waals surface area (Å²) in [6.45, 7) is 3.61. The van der Waals surface area contributed by atoms with Gasteiger partial charge in [-0.1, -0.05) is 23.9 Å². The van der Waals surface area contributed by atoms with Crippen LogP contribution in [0.4, 0.5) is 18.9 Å². The molecule has 0 bridgehead atoms. The molecule has 0 saturated carbocycles. The number of carbonyl (C=O) groups is 1. The zero-order valence-corrected chi connectivity index (χ0v) is 15.8. The normalized spacial score (nSPS) is 12.6. The number of hydrogen-bond acceptors (Lipinski definition) is 5. The third-order valence-electron chi connectivity index (χ3n) is 3.82. The number of carbonyl (C=O) groups excluding carboxylic acids is 1. The van der Waals surface area contributed by atoms with Gasteiger partial charge in [-0.05, 0) is 66.2 Å². The lowest BCUT2D eigenvalue weighted by Crippen LogP contribution is -2.23. The summed E-state index contributed by atoms with van der Waals surface area (Å²) in [7, 11) is 0. The summed E-state index contributed by atoms with van der Waals surface area (Å²) in [6, 6.07) is 11.9. The van der Waals surface area contributed by atoms with Gasteiger partial charge in [0.25, 0.3) is 0 Å². The molecule has 0 aliphatic carbocycles. The van der Waals surface area contributed by atoms with Gasteiger partial charge in [-0.25, -0.2) is 0 Å². The van der Waals surface area contributed by atoms with Crippen LogP contribution in [0.3, 0.4) is 0 Å². The maximum Gasteiger partial charge on any atom is 0.416 e. The molecule has 1 heterocycles. The molecular weight excluding hydrogens is 391 g/mol. The second kappa shape index (κ2) is 8.01. The van der Waals surface area contributed by atoms with E-state index in [1.54, 1.807) is 6.92 Å². The molecule has 1 N–H and O–H groups in total. The molecule has 0 spiro atoms. The van der Waals surface area contributed by atoms with Crippen molar-refractivity contribution in [2.45, 2.75) is 30.4 Å². The number of aryl methyl sites for hydroxylation is 1. The summed E-state index contributed by atoms with van der Waals surface area (Å²) >= 11 is 1.15. The van der Waals surface area contributed by atoms with Gasteiger partial charge in [-0.15, -0.1) is 5.10 Å². The molecule has 0 radical (unpaired) electrons. The van der Waals surface area contributed by atoms with Crippen molar-refractivity contribution in [2.24, 2.45) is 0 Å². The van der Waals surface area contributed by atoms with Crippen LogP contribution in [-0.2, 0) is 11.0 Å². The number of aromatic nitrogens is 4. The molecule has 1 atom stereocenters. The Morgan fingerprint density at radius 3 is 2.54 bits per heavy atom. The van der Waals surface area contributed by atoms with E-state index in [0.29, 0.717) is 5.16 Å². The molecule has 1 unspecified atom stereocenters. The maximum absolute atomic E-state index is 12.6. The molecule has 2 aromatic carbocycles. The van der Waals surface area contributed by atoms with E-state index in [1.807, 2.05) is 31.2 Å². The third-order valence-corrected chi connectivity index (χ3v) is 4.85. The lowest BCUT2D eigenvalue weighted by Gasteiger charge is -2.13. The highest BCUT2D eigenvalue weighted by Crippen LogP contribution is 2.30. The monoisotopic (exact) mass is 407 g/mol. The number of hydrogen-bond donors (Lipinski definition) is 1. The minimum atomic E-state index is -4.42. The Kier molecular flexibility index (Phi) is 5.68. The molecule has 3 aromatic rings. The van der Waals surface area contributed by atoms with E-state index in [2.05, 4.69) is 20.8 Å². The van der Waals surface area contributed by atoms with Crippen LogP contribution in [-0.4, -0.2) is 31.4 Å². The summed E-state index contributed by atoms with van der Waals surface area (Å²) in [5.74, 6) is -0.372. The van der Waals surface area contributed by atoms with Gasteiger partial charge in [0, 0.05) is 5.69 Å². The number of anilines is 1. The van der Waals surface area contributed by atoms with Crippen LogP contribution in [0.1, 0.15) is 18.1 Å². The van der Waals surface area contributed by atoms with Crippen LogP contribution < -0.4 is 5.32 Å². The second-order valence-electron chi connectivity index (χ2n) is 6.04. The fourth-order valence-electron chi connectivity index (χ4n) is 2.37. The van der Waals surface area contributed by atoms with Crippen LogP contribution in [0.2, 0.25) is 0 Å². The number of alkyl halides is 3. The minimum Gasteiger partial charge on any atom is -0.325 e. The number of amides is 1. The molecule has 1 aromatic heterocycles. The van der Waals surface area contributed by atoms with E-state index in [1.165, 1.54) is 16.8 Å². The number of rotatable bonds is 5. The van der Waals surface area contributed by atoms with E-state index < -0.39 is 17.0 Å². The van der Waals surface area contributed by atoms with Gasteiger partial charge in [-0.3, -0.25) is 4.79 Å². The van der Waals surface area contributed by atoms with Crippen LogP contribution in [0.5, 0.6) is 0 Å². The summed E-state index contributed by atoms with van der Waals surface area (Å²) in [5, 5.41) is 14.0. The second-order valence-corrected chi connectivity index (χ2v) is 7.34. The van der Waals surface area contributed by atoms with E-state index in [4.69, 9.17) is 0 Å². The smallest absolute Gasteiger partial charge is 0.325 e. The standard InChI is InChI=1S/C18H16F3N5OS/c1-11-4-3-5-15(10-11)26-17(23-24-25-26)28-12(2)16(27)22-14-8-6-13(7-9-14)18(19,20)21/h3-10,12H,1-2H3,(H,22,27). The fourth-order valence-corrected chi connectivity index (χ4v) is 3.18. The molecular formula is C18H16F3N5OS. The van der Waals surface area contributed by atoms with Gasteiger partial charge in [0.1, 0.15) is 0 Å². The molecule has 1 amide bonds. The largest absolute Gasteiger partial charge is 0.416 e. The predicted molar refractivity (Wildman–Crippen MR) is 99.3 cm³/mol. The fraction of sp³-hybridized carbons (Fsp3) is 0.222. The van der Waals surface area contributed by atoms with Crippen molar-refractivity contribution < 1.29 is 18.0 Å². The van der Waals surface area contributed by atoms with Crippen molar-refractivity contribution in [1.82, 2.24) is 20.2 Å². The molecule has 146 valence electrons. The molecule has 0 fully saturated rings. The highest BCUT2D eigenvalue weighted by molar-refractivity contribution is 8.00. The number of nitrogens with zero attached hydrogens (tertiary/aromatic N) is 4. The van der Waals surface area contributed by atoms with Crippen LogP contribution in [0.15, 0.2) is 53.7 Å². The molecule has 10 heteroatoms. The van der Waals surface area contributed by atoms with Crippen molar-refractivity contribution in [3.8, 4) is 5.69 Å². The zero-order valence-electron chi connectivity index (χ0n) is 14.9. The molecule has 0 saturated heterocycles. The van der Waals surface area contributed by atoms with Crippen molar-refractivity contribution in [2.75, 3.05) is 5.32 Å². The summed E-state index contributed by atoms with van der Waals surface area (Å²) in [4.78, 5) is 12.4. The first-order chi connectivity index (χ1) is 13.2. The predicted octanol–water partition coefficient (Wildman–Crippen LogP) is 4.11. The number of halogens is 3. The Morgan fingerprint density at radius 2 is 1.89 bits per heavy atom. The molecule has 0 aliphatic rings. The van der Waals surface area contributed by atoms with E-state index in [0.717, 1.165) is 35.1 Å². The molecule has 3 rings (SSSR count). The first-order valence-corrected chi connectivity index (χ1v) is 9.12.